The molecular formula is C21H23N3O3S. The van der Waals surface area contributed by atoms with Gasteiger partial charge in [0.25, 0.3) is 11.8 Å². The third-order valence-electron chi connectivity index (χ3n) is 4.93. The van der Waals surface area contributed by atoms with Gasteiger partial charge in [0, 0.05) is 36.4 Å². The topological polar surface area (TPSA) is 71.5 Å². The maximum absolute atomic E-state index is 13.0. The number of benzene rings is 1. The van der Waals surface area contributed by atoms with Crippen LogP contribution in [0.15, 0.2) is 46.5 Å². The Hall–Kier alpha value is -2.38. The van der Waals surface area contributed by atoms with Crippen LogP contribution in [0.1, 0.15) is 46.9 Å². The Morgan fingerprint density at radius 1 is 1.39 bits per heavy atom. The molecule has 0 spiro atoms. The molecule has 0 unspecified atom stereocenters. The van der Waals surface area contributed by atoms with E-state index < -0.39 is 0 Å². The van der Waals surface area contributed by atoms with E-state index >= 15 is 0 Å². The van der Waals surface area contributed by atoms with Gasteiger partial charge in [-0.3, -0.25) is 9.59 Å². The van der Waals surface area contributed by atoms with Gasteiger partial charge in [0.1, 0.15) is 5.03 Å². The molecule has 4 rings (SSSR count). The zero-order chi connectivity index (χ0) is 19.5. The number of carbonyl (C=O) groups is 2. The summed E-state index contributed by atoms with van der Waals surface area (Å²) < 4.78 is 5.57. The molecular weight excluding hydrogens is 374 g/mol. The molecule has 6 nitrogen and oxygen atoms in total. The Kier molecular flexibility index (Phi) is 5.64. The molecule has 0 aliphatic carbocycles. The summed E-state index contributed by atoms with van der Waals surface area (Å²) in [7, 11) is 0. The van der Waals surface area contributed by atoms with Gasteiger partial charge in [-0.15, -0.1) is 0 Å². The minimum Gasteiger partial charge on any atom is -0.376 e. The Bertz CT molecular complexity index is 896. The molecule has 146 valence electrons. The first-order valence-electron chi connectivity index (χ1n) is 9.66. The molecule has 1 aromatic heterocycles. The normalized spacial score (nSPS) is 18.4. The van der Waals surface area contributed by atoms with Gasteiger partial charge in [-0.2, -0.15) is 0 Å². The van der Waals surface area contributed by atoms with Gasteiger partial charge in [0.2, 0.25) is 0 Å². The van der Waals surface area contributed by atoms with Gasteiger partial charge in [-0.25, -0.2) is 4.98 Å². The van der Waals surface area contributed by atoms with Crippen molar-refractivity contribution in [2.75, 3.05) is 24.6 Å². The van der Waals surface area contributed by atoms with Crippen molar-refractivity contribution in [2.24, 2.45) is 0 Å². The van der Waals surface area contributed by atoms with Crippen molar-refractivity contribution in [3.8, 4) is 0 Å². The van der Waals surface area contributed by atoms with E-state index in [1.54, 1.807) is 29.3 Å². The molecule has 1 atom stereocenters. The fourth-order valence-corrected chi connectivity index (χ4v) is 4.57. The molecule has 7 heteroatoms. The molecule has 2 aliphatic rings. The molecule has 0 saturated carbocycles. The third-order valence-corrected chi connectivity index (χ3v) is 5.99. The van der Waals surface area contributed by atoms with E-state index in [1.165, 1.54) is 11.8 Å². The highest BCUT2D eigenvalue weighted by molar-refractivity contribution is 7.99. The van der Waals surface area contributed by atoms with Crippen LogP contribution in [0.2, 0.25) is 0 Å². The monoisotopic (exact) mass is 397 g/mol. The molecule has 1 saturated heterocycles. The van der Waals surface area contributed by atoms with Crippen LogP contribution in [-0.4, -0.2) is 42.6 Å². The van der Waals surface area contributed by atoms with E-state index in [-0.39, 0.29) is 17.9 Å². The van der Waals surface area contributed by atoms with Gasteiger partial charge in [-0.1, -0.05) is 18.7 Å². The predicted octanol–water partition coefficient (Wildman–Crippen LogP) is 3.51. The number of rotatable bonds is 5. The second-order valence-corrected chi connectivity index (χ2v) is 7.97. The number of amides is 2. The SMILES string of the molecule is CCCN1C(=O)c2cccnc2Sc2cc(C(=O)NC[C@@H]3CCCO3)ccc21. The van der Waals surface area contributed by atoms with Gasteiger partial charge >= 0.3 is 0 Å². The maximum Gasteiger partial charge on any atom is 0.261 e. The average molecular weight is 398 g/mol. The van der Waals surface area contributed by atoms with E-state index in [0.717, 1.165) is 36.5 Å². The summed E-state index contributed by atoms with van der Waals surface area (Å²) in [6.45, 7) is 3.95. The Morgan fingerprint density at radius 3 is 3.07 bits per heavy atom. The predicted molar refractivity (Wildman–Crippen MR) is 108 cm³/mol. The van der Waals surface area contributed by atoms with Crippen molar-refractivity contribution in [3.05, 3.63) is 47.7 Å². The van der Waals surface area contributed by atoms with E-state index in [2.05, 4.69) is 10.3 Å². The number of hydrogen-bond acceptors (Lipinski definition) is 5. The molecule has 1 N–H and O–H groups in total. The van der Waals surface area contributed by atoms with Gasteiger partial charge in [0.05, 0.1) is 17.4 Å². The van der Waals surface area contributed by atoms with E-state index in [9.17, 15) is 9.59 Å². The maximum atomic E-state index is 13.0. The lowest BCUT2D eigenvalue weighted by Crippen LogP contribution is -2.32. The Balaban J connectivity index is 1.62. The van der Waals surface area contributed by atoms with Crippen molar-refractivity contribution in [1.82, 2.24) is 10.3 Å². The number of aromatic nitrogens is 1. The third kappa shape index (κ3) is 3.77. The van der Waals surface area contributed by atoms with Gasteiger partial charge in [-0.05, 0) is 49.6 Å². The van der Waals surface area contributed by atoms with E-state index in [0.29, 0.717) is 29.2 Å². The Morgan fingerprint density at radius 2 is 2.29 bits per heavy atom. The zero-order valence-electron chi connectivity index (χ0n) is 15.8. The van der Waals surface area contributed by atoms with Crippen LogP contribution in [0.5, 0.6) is 0 Å². The minimum atomic E-state index is -0.127. The largest absolute Gasteiger partial charge is 0.376 e. The summed E-state index contributed by atoms with van der Waals surface area (Å²) in [6.07, 6.45) is 4.66. The van der Waals surface area contributed by atoms with Crippen molar-refractivity contribution in [2.45, 2.75) is 42.2 Å². The molecule has 3 heterocycles. The number of nitrogens with one attached hydrogen (secondary N) is 1. The summed E-state index contributed by atoms with van der Waals surface area (Å²) >= 11 is 1.43. The van der Waals surface area contributed by atoms with Crippen molar-refractivity contribution >= 4 is 29.3 Å². The fourth-order valence-electron chi connectivity index (χ4n) is 3.51. The molecule has 0 radical (unpaired) electrons. The number of fused-ring (bicyclic) bond motifs is 2. The van der Waals surface area contributed by atoms with Gasteiger partial charge in [0.15, 0.2) is 0 Å². The number of nitrogens with zero attached hydrogens (tertiary/aromatic N) is 2. The lowest BCUT2D eigenvalue weighted by atomic mass is 10.1. The number of ether oxygens (including phenoxy) is 1. The average Bonchev–Trinajstić information content (AvgIpc) is 3.20. The number of hydrogen-bond donors (Lipinski definition) is 1. The lowest BCUT2D eigenvalue weighted by molar-refractivity contribution is 0.0857. The molecule has 2 amide bonds. The van der Waals surface area contributed by atoms with Crippen LogP contribution < -0.4 is 10.2 Å². The van der Waals surface area contributed by atoms with Crippen LogP contribution >= 0.6 is 11.8 Å². The molecule has 2 aliphatic heterocycles. The minimum absolute atomic E-state index is 0.0493. The molecule has 1 fully saturated rings. The van der Waals surface area contributed by atoms with E-state index in [4.69, 9.17) is 4.74 Å². The smallest absolute Gasteiger partial charge is 0.261 e. The molecule has 28 heavy (non-hydrogen) atoms. The van der Waals surface area contributed by atoms with Crippen molar-refractivity contribution < 1.29 is 14.3 Å². The second kappa shape index (κ2) is 8.32. The summed E-state index contributed by atoms with van der Waals surface area (Å²) in [4.78, 5) is 32.7. The highest BCUT2D eigenvalue weighted by atomic mass is 32.2. The van der Waals surface area contributed by atoms with Crippen LogP contribution in [0.4, 0.5) is 5.69 Å². The second-order valence-electron chi connectivity index (χ2n) is 6.94. The molecule has 2 aromatic rings. The first-order valence-corrected chi connectivity index (χ1v) is 10.5. The van der Waals surface area contributed by atoms with Crippen LogP contribution in [0.3, 0.4) is 0 Å². The first kappa shape index (κ1) is 19.0. The lowest BCUT2D eigenvalue weighted by Gasteiger charge is -2.22. The Labute approximate surface area is 168 Å². The zero-order valence-corrected chi connectivity index (χ0v) is 16.6. The van der Waals surface area contributed by atoms with Gasteiger partial charge < -0.3 is 15.0 Å². The van der Waals surface area contributed by atoms with Crippen molar-refractivity contribution in [1.29, 1.82) is 0 Å². The van der Waals surface area contributed by atoms with Crippen molar-refractivity contribution in [3.63, 3.8) is 0 Å². The summed E-state index contributed by atoms with van der Waals surface area (Å²) in [5.41, 5.74) is 2.00. The van der Waals surface area contributed by atoms with Crippen LogP contribution in [0.25, 0.3) is 0 Å². The quantitative estimate of drug-likeness (QED) is 0.836. The summed E-state index contributed by atoms with van der Waals surface area (Å²) in [5, 5.41) is 3.63. The highest BCUT2D eigenvalue weighted by Crippen LogP contribution is 2.40. The summed E-state index contributed by atoms with van der Waals surface area (Å²) in [5.74, 6) is -0.176. The number of pyridine rings is 1. The summed E-state index contributed by atoms with van der Waals surface area (Å²) in [6, 6.07) is 9.08. The highest BCUT2D eigenvalue weighted by Gasteiger charge is 2.28. The molecule has 1 aromatic carbocycles. The standard InChI is InChI=1S/C21H23N3O3S/c1-2-10-24-17-8-7-14(19(25)23-13-15-5-4-11-27-15)12-18(17)28-20-16(21(24)26)6-3-9-22-20/h3,6-9,12,15H,2,4-5,10-11,13H2,1H3,(H,23,25)/t15-/m0/s1. The fraction of sp³-hybridized carbons (Fsp3) is 0.381. The number of carbonyl (C=O) groups excluding carboxylic acids is 2. The first-order chi connectivity index (χ1) is 13.7. The van der Waals surface area contributed by atoms with Crippen LogP contribution in [0, 0.1) is 0 Å². The van der Waals surface area contributed by atoms with Crippen LogP contribution in [-0.2, 0) is 4.74 Å². The molecule has 0 bridgehead atoms. The van der Waals surface area contributed by atoms with E-state index in [1.807, 2.05) is 19.1 Å². The number of anilines is 1.